The predicted molar refractivity (Wildman–Crippen MR) is 95.1 cm³/mol. The Hall–Kier alpha value is -2.88. The Bertz CT molecular complexity index is 730. The molecule has 2 aromatic rings. The number of rotatable bonds is 4. The fraction of sp³-hybridized carbons (Fsp3) is 0.158. The third-order valence-corrected chi connectivity index (χ3v) is 3.80. The van der Waals surface area contributed by atoms with Crippen molar-refractivity contribution in [3.63, 3.8) is 0 Å². The average Bonchev–Trinajstić information content (AvgIpc) is 2.58. The van der Waals surface area contributed by atoms with E-state index in [0.717, 1.165) is 17.1 Å². The molecule has 1 unspecified atom stereocenters. The van der Waals surface area contributed by atoms with E-state index in [2.05, 4.69) is 33.4 Å². The van der Waals surface area contributed by atoms with Gasteiger partial charge in [0.05, 0.1) is 5.69 Å². The zero-order chi connectivity index (χ0) is 16.1. The van der Waals surface area contributed by atoms with Crippen LogP contribution in [-0.2, 0) is 0 Å². The molecule has 0 fully saturated rings. The molecule has 1 aliphatic heterocycles. The highest BCUT2D eigenvalue weighted by molar-refractivity contribution is 5.61. The summed E-state index contributed by atoms with van der Waals surface area (Å²) in [6.07, 6.45) is 6.08. The Balaban J connectivity index is 1.65. The van der Waals surface area contributed by atoms with E-state index < -0.39 is 0 Å². The maximum Gasteiger partial charge on any atom is 0.161 e. The molecule has 0 bridgehead atoms. The highest BCUT2D eigenvalue weighted by Gasteiger charge is 2.12. The standard InChI is InChI=1S/C19H20N4/c1-15-7-6-10-19(23(15)2)22-21-18-13-11-17(12-14-18)20-16-8-4-3-5-9-16/h3-14,19-20H,1-2H3. The number of nitrogens with one attached hydrogen (secondary N) is 1. The highest BCUT2D eigenvalue weighted by Crippen LogP contribution is 2.22. The molecular formula is C19H20N4. The Morgan fingerprint density at radius 1 is 0.957 bits per heavy atom. The first-order chi connectivity index (χ1) is 11.2. The lowest BCUT2D eigenvalue weighted by atomic mass is 10.2. The van der Waals surface area contributed by atoms with Gasteiger partial charge in [-0.3, -0.25) is 0 Å². The molecule has 0 radical (unpaired) electrons. The molecule has 4 nitrogen and oxygen atoms in total. The van der Waals surface area contributed by atoms with Crippen LogP contribution >= 0.6 is 0 Å². The minimum Gasteiger partial charge on any atom is -0.356 e. The van der Waals surface area contributed by atoms with Crippen LogP contribution in [0.3, 0.4) is 0 Å². The second-order valence-electron chi connectivity index (χ2n) is 5.47. The molecule has 2 aromatic carbocycles. The molecule has 1 N–H and O–H groups in total. The van der Waals surface area contributed by atoms with Crippen LogP contribution in [-0.4, -0.2) is 18.1 Å². The summed E-state index contributed by atoms with van der Waals surface area (Å²) in [6.45, 7) is 2.07. The zero-order valence-corrected chi connectivity index (χ0v) is 13.3. The highest BCUT2D eigenvalue weighted by atomic mass is 15.3. The van der Waals surface area contributed by atoms with E-state index in [1.54, 1.807) is 0 Å². The summed E-state index contributed by atoms with van der Waals surface area (Å²) in [4.78, 5) is 2.09. The van der Waals surface area contributed by atoms with E-state index in [-0.39, 0.29) is 6.17 Å². The van der Waals surface area contributed by atoms with E-state index in [0.29, 0.717) is 0 Å². The molecule has 23 heavy (non-hydrogen) atoms. The number of anilines is 2. The van der Waals surface area contributed by atoms with E-state index in [1.807, 2.05) is 73.8 Å². The quantitative estimate of drug-likeness (QED) is 0.784. The first kappa shape index (κ1) is 15.0. The van der Waals surface area contributed by atoms with Crippen LogP contribution in [0.4, 0.5) is 17.1 Å². The summed E-state index contributed by atoms with van der Waals surface area (Å²) in [5.74, 6) is 0. The van der Waals surface area contributed by atoms with Crippen molar-refractivity contribution in [1.82, 2.24) is 4.90 Å². The maximum atomic E-state index is 4.40. The van der Waals surface area contributed by atoms with E-state index in [1.165, 1.54) is 5.70 Å². The summed E-state index contributed by atoms with van der Waals surface area (Å²) >= 11 is 0. The van der Waals surface area contributed by atoms with Gasteiger partial charge in [-0.25, -0.2) is 0 Å². The molecule has 1 atom stereocenters. The Labute approximate surface area is 136 Å². The first-order valence-corrected chi connectivity index (χ1v) is 7.63. The van der Waals surface area contributed by atoms with E-state index >= 15 is 0 Å². The molecule has 0 saturated carbocycles. The number of likely N-dealkylation sites (N-methyl/N-ethyl adjacent to an activating group) is 1. The molecule has 116 valence electrons. The fourth-order valence-electron chi connectivity index (χ4n) is 2.29. The van der Waals surface area contributed by atoms with E-state index in [9.17, 15) is 0 Å². The third kappa shape index (κ3) is 3.86. The average molecular weight is 304 g/mol. The van der Waals surface area contributed by atoms with Crippen molar-refractivity contribution in [2.75, 3.05) is 12.4 Å². The lowest BCUT2D eigenvalue weighted by molar-refractivity contribution is 0.349. The minimum atomic E-state index is -0.0397. The molecule has 0 amide bonds. The van der Waals surface area contributed by atoms with Gasteiger partial charge in [-0.05, 0) is 55.5 Å². The van der Waals surface area contributed by atoms with Crippen LogP contribution < -0.4 is 5.32 Å². The second kappa shape index (κ2) is 6.92. The van der Waals surface area contributed by atoms with Gasteiger partial charge in [-0.2, -0.15) is 10.2 Å². The summed E-state index contributed by atoms with van der Waals surface area (Å²) in [5.41, 5.74) is 4.12. The van der Waals surface area contributed by atoms with Gasteiger partial charge < -0.3 is 10.2 Å². The van der Waals surface area contributed by atoms with Gasteiger partial charge >= 0.3 is 0 Å². The maximum absolute atomic E-state index is 4.40. The summed E-state index contributed by atoms with van der Waals surface area (Å²) in [7, 11) is 2.02. The lowest BCUT2D eigenvalue weighted by Crippen LogP contribution is -2.28. The Morgan fingerprint density at radius 2 is 1.65 bits per heavy atom. The van der Waals surface area contributed by atoms with Crippen LogP contribution in [0.1, 0.15) is 6.92 Å². The van der Waals surface area contributed by atoms with Gasteiger partial charge in [0.2, 0.25) is 0 Å². The van der Waals surface area contributed by atoms with Crippen LogP contribution in [0.15, 0.2) is 88.8 Å². The number of para-hydroxylation sites is 1. The molecule has 3 rings (SSSR count). The van der Waals surface area contributed by atoms with Crippen molar-refractivity contribution in [3.05, 3.63) is 78.5 Å². The van der Waals surface area contributed by atoms with Gasteiger partial charge in [-0.15, -0.1) is 0 Å². The van der Waals surface area contributed by atoms with Crippen LogP contribution in [0, 0.1) is 0 Å². The predicted octanol–water partition coefficient (Wildman–Crippen LogP) is 5.25. The van der Waals surface area contributed by atoms with Gasteiger partial charge in [0.15, 0.2) is 6.17 Å². The largest absolute Gasteiger partial charge is 0.356 e. The van der Waals surface area contributed by atoms with E-state index in [4.69, 9.17) is 0 Å². The SMILES string of the molecule is CC1=CC=CC(N=Nc2ccc(Nc3ccccc3)cc2)N1C. The van der Waals surface area contributed by atoms with Crippen LogP contribution in [0.5, 0.6) is 0 Å². The van der Waals surface area contributed by atoms with Crippen molar-refractivity contribution in [3.8, 4) is 0 Å². The normalized spacial score (nSPS) is 17.4. The summed E-state index contributed by atoms with van der Waals surface area (Å²) in [6, 6.07) is 18.0. The van der Waals surface area contributed by atoms with Gasteiger partial charge in [0, 0.05) is 24.1 Å². The minimum absolute atomic E-state index is 0.0397. The van der Waals surface area contributed by atoms with Crippen LogP contribution in [0.2, 0.25) is 0 Å². The number of nitrogens with zero attached hydrogens (tertiary/aromatic N) is 3. The molecule has 0 aliphatic carbocycles. The van der Waals surface area contributed by atoms with Crippen LogP contribution in [0.25, 0.3) is 0 Å². The first-order valence-electron chi connectivity index (χ1n) is 7.63. The van der Waals surface area contributed by atoms with Gasteiger partial charge in [0.25, 0.3) is 0 Å². The zero-order valence-electron chi connectivity index (χ0n) is 13.3. The summed E-state index contributed by atoms with van der Waals surface area (Å²) in [5, 5.41) is 12.1. The number of benzene rings is 2. The molecular weight excluding hydrogens is 284 g/mol. The smallest absolute Gasteiger partial charge is 0.161 e. The van der Waals surface area contributed by atoms with Crippen molar-refractivity contribution >= 4 is 17.1 Å². The van der Waals surface area contributed by atoms with Gasteiger partial charge in [-0.1, -0.05) is 24.3 Å². The molecule has 4 heteroatoms. The molecule has 0 spiro atoms. The second-order valence-corrected chi connectivity index (χ2v) is 5.47. The van der Waals surface area contributed by atoms with Gasteiger partial charge in [0.1, 0.15) is 0 Å². The molecule has 1 aliphatic rings. The monoisotopic (exact) mass is 304 g/mol. The topological polar surface area (TPSA) is 40.0 Å². The summed E-state index contributed by atoms with van der Waals surface area (Å²) < 4.78 is 0. The Morgan fingerprint density at radius 3 is 2.39 bits per heavy atom. The van der Waals surface area contributed by atoms with Crippen molar-refractivity contribution in [2.24, 2.45) is 10.2 Å². The van der Waals surface area contributed by atoms with Crippen molar-refractivity contribution < 1.29 is 0 Å². The number of hydrogen-bond donors (Lipinski definition) is 1. The molecule has 1 heterocycles. The number of hydrogen-bond acceptors (Lipinski definition) is 4. The Kier molecular flexibility index (Phi) is 4.52. The van der Waals surface area contributed by atoms with Crippen molar-refractivity contribution in [2.45, 2.75) is 13.1 Å². The molecule has 0 aromatic heterocycles. The number of azo groups is 1. The third-order valence-electron chi connectivity index (χ3n) is 3.80. The molecule has 0 saturated heterocycles. The number of allylic oxidation sites excluding steroid dienone is 3. The lowest BCUT2D eigenvalue weighted by Gasteiger charge is -2.26. The van der Waals surface area contributed by atoms with Crippen molar-refractivity contribution in [1.29, 1.82) is 0 Å². The fourth-order valence-corrected chi connectivity index (χ4v) is 2.29.